The molecule has 122 valence electrons. The Kier molecular flexibility index (Phi) is 7.39. The number of carbonyl (C=O) groups excluding carboxylic acids is 2. The van der Waals surface area contributed by atoms with Crippen LogP contribution in [0.3, 0.4) is 0 Å². The van der Waals surface area contributed by atoms with E-state index in [-0.39, 0.29) is 19.2 Å². The third-order valence-corrected chi connectivity index (χ3v) is 2.60. The Hall–Kier alpha value is -2.08. The normalized spacial score (nSPS) is 12.3. The first-order valence-corrected chi connectivity index (χ1v) is 7.19. The Balaban J connectivity index is 2.42. The maximum absolute atomic E-state index is 11.8. The Morgan fingerprint density at radius 1 is 1.27 bits per heavy atom. The van der Waals surface area contributed by atoms with Crippen molar-refractivity contribution in [2.75, 3.05) is 13.2 Å². The average Bonchev–Trinajstić information content (AvgIpc) is 2.43. The predicted octanol–water partition coefficient (Wildman–Crippen LogP) is 1.84. The van der Waals surface area contributed by atoms with Crippen LogP contribution in [0.2, 0.25) is 0 Å². The van der Waals surface area contributed by atoms with E-state index in [4.69, 9.17) is 9.47 Å². The summed E-state index contributed by atoms with van der Waals surface area (Å²) >= 11 is 0. The van der Waals surface area contributed by atoms with Gasteiger partial charge in [-0.3, -0.25) is 4.79 Å². The molecule has 22 heavy (non-hydrogen) atoms. The second-order valence-corrected chi connectivity index (χ2v) is 5.87. The Bertz CT molecular complexity index is 457. The van der Waals surface area contributed by atoms with Gasteiger partial charge in [0.15, 0.2) is 0 Å². The molecular weight excluding hydrogens is 284 g/mol. The largest absolute Gasteiger partial charge is 0.444 e. The molecule has 0 aromatic heterocycles. The molecule has 1 aromatic rings. The zero-order chi connectivity index (χ0) is 16.4. The predicted molar refractivity (Wildman–Crippen MR) is 83.3 cm³/mol. The number of hydrogen-bond donors (Lipinski definition) is 2. The van der Waals surface area contributed by atoms with Crippen LogP contribution in [0.4, 0.5) is 4.79 Å². The molecule has 6 nitrogen and oxygen atoms in total. The molecule has 6 heteroatoms. The minimum absolute atomic E-state index is 0.273. The topological polar surface area (TPSA) is 76.7 Å². The number of carbonyl (C=O) groups is 2. The van der Waals surface area contributed by atoms with E-state index in [0.717, 1.165) is 5.56 Å². The van der Waals surface area contributed by atoms with E-state index >= 15 is 0 Å². The van der Waals surface area contributed by atoms with Gasteiger partial charge in [0, 0.05) is 6.54 Å². The number of rotatable bonds is 8. The van der Waals surface area contributed by atoms with Crippen LogP contribution in [-0.2, 0) is 20.9 Å². The molecule has 1 unspecified atom stereocenters. The van der Waals surface area contributed by atoms with Crippen molar-refractivity contribution in [1.29, 1.82) is 0 Å². The second kappa shape index (κ2) is 9.04. The van der Waals surface area contributed by atoms with Crippen molar-refractivity contribution in [1.82, 2.24) is 10.6 Å². The van der Waals surface area contributed by atoms with Gasteiger partial charge in [-0.25, -0.2) is 4.79 Å². The molecule has 1 rings (SSSR count). The van der Waals surface area contributed by atoms with Crippen molar-refractivity contribution in [2.24, 2.45) is 0 Å². The quantitative estimate of drug-likeness (QED) is 0.719. The summed E-state index contributed by atoms with van der Waals surface area (Å²) in [4.78, 5) is 22.2. The first-order valence-electron chi connectivity index (χ1n) is 7.19. The van der Waals surface area contributed by atoms with Gasteiger partial charge < -0.3 is 20.1 Å². The fraction of sp³-hybridized carbons (Fsp3) is 0.500. The lowest BCUT2D eigenvalue weighted by Crippen LogP contribution is -2.46. The minimum atomic E-state index is -0.572. The standard InChI is InChI=1S/C16H24N2O4/c1-16(2,3)22-15(20)18-14(9-17-12-19)11-21-10-13-7-5-4-6-8-13/h4-8,12,14H,9-11H2,1-3H3,(H,17,19)(H,18,20). The number of amides is 2. The summed E-state index contributed by atoms with van der Waals surface area (Å²) in [5.74, 6) is 0. The minimum Gasteiger partial charge on any atom is -0.444 e. The van der Waals surface area contributed by atoms with Crippen LogP contribution in [0.5, 0.6) is 0 Å². The van der Waals surface area contributed by atoms with Gasteiger partial charge in [-0.15, -0.1) is 0 Å². The summed E-state index contributed by atoms with van der Waals surface area (Å²) in [7, 11) is 0. The molecular formula is C16H24N2O4. The van der Waals surface area contributed by atoms with Crippen LogP contribution in [-0.4, -0.2) is 37.3 Å². The van der Waals surface area contributed by atoms with Crippen LogP contribution in [0.25, 0.3) is 0 Å². The molecule has 0 aliphatic heterocycles. The first-order chi connectivity index (χ1) is 10.4. The Morgan fingerprint density at radius 3 is 2.55 bits per heavy atom. The smallest absolute Gasteiger partial charge is 0.408 e. The molecule has 0 saturated heterocycles. The number of benzene rings is 1. The van der Waals surface area contributed by atoms with Crippen LogP contribution in [0, 0.1) is 0 Å². The van der Waals surface area contributed by atoms with Crippen molar-refractivity contribution in [3.05, 3.63) is 35.9 Å². The summed E-state index contributed by atoms with van der Waals surface area (Å²) in [5.41, 5.74) is 0.472. The number of ether oxygens (including phenoxy) is 2. The fourth-order valence-electron chi connectivity index (χ4n) is 1.71. The van der Waals surface area contributed by atoms with Gasteiger partial charge in [0.1, 0.15) is 5.60 Å². The highest BCUT2D eigenvalue weighted by molar-refractivity contribution is 5.68. The molecule has 0 radical (unpaired) electrons. The number of hydrogen-bond acceptors (Lipinski definition) is 4. The molecule has 1 atom stereocenters. The molecule has 0 spiro atoms. The molecule has 1 aromatic carbocycles. The van der Waals surface area contributed by atoms with Crippen LogP contribution in [0.1, 0.15) is 26.3 Å². The van der Waals surface area contributed by atoms with E-state index in [1.165, 1.54) is 0 Å². The molecule has 0 heterocycles. The summed E-state index contributed by atoms with van der Waals surface area (Å²) < 4.78 is 10.8. The van der Waals surface area contributed by atoms with E-state index < -0.39 is 11.7 Å². The van der Waals surface area contributed by atoms with Gasteiger partial charge in [-0.1, -0.05) is 30.3 Å². The maximum Gasteiger partial charge on any atom is 0.408 e. The van der Waals surface area contributed by atoms with E-state index in [1.807, 2.05) is 30.3 Å². The SMILES string of the molecule is CC(C)(C)OC(=O)NC(CNC=O)COCc1ccccc1. The zero-order valence-corrected chi connectivity index (χ0v) is 13.3. The highest BCUT2D eigenvalue weighted by atomic mass is 16.6. The van der Waals surface area contributed by atoms with E-state index in [1.54, 1.807) is 20.8 Å². The van der Waals surface area contributed by atoms with Crippen LogP contribution >= 0.6 is 0 Å². The van der Waals surface area contributed by atoms with Crippen molar-refractivity contribution >= 4 is 12.5 Å². The van der Waals surface area contributed by atoms with Gasteiger partial charge in [0.25, 0.3) is 0 Å². The van der Waals surface area contributed by atoms with Crippen molar-refractivity contribution < 1.29 is 19.1 Å². The molecule has 2 N–H and O–H groups in total. The zero-order valence-electron chi connectivity index (χ0n) is 13.3. The van der Waals surface area contributed by atoms with Crippen molar-refractivity contribution in [2.45, 2.75) is 39.0 Å². The van der Waals surface area contributed by atoms with Crippen LogP contribution in [0.15, 0.2) is 30.3 Å². The summed E-state index contributed by atoms with van der Waals surface area (Å²) in [6.45, 7) is 6.35. The van der Waals surface area contributed by atoms with Gasteiger partial charge in [-0.05, 0) is 26.3 Å². The van der Waals surface area contributed by atoms with Crippen LogP contribution < -0.4 is 10.6 Å². The lowest BCUT2D eigenvalue weighted by molar-refractivity contribution is -0.109. The lowest BCUT2D eigenvalue weighted by atomic mass is 10.2. The molecule has 2 amide bonds. The summed E-state index contributed by atoms with van der Waals surface area (Å²) in [5, 5.41) is 5.22. The highest BCUT2D eigenvalue weighted by Gasteiger charge is 2.19. The number of alkyl carbamates (subject to hydrolysis) is 1. The molecule has 0 aliphatic carbocycles. The van der Waals surface area contributed by atoms with Crippen molar-refractivity contribution in [3.63, 3.8) is 0 Å². The van der Waals surface area contributed by atoms with E-state index in [9.17, 15) is 9.59 Å². The first kappa shape index (κ1) is 18.0. The highest BCUT2D eigenvalue weighted by Crippen LogP contribution is 2.07. The van der Waals surface area contributed by atoms with Gasteiger partial charge in [0.2, 0.25) is 6.41 Å². The summed E-state index contributed by atoms with van der Waals surface area (Å²) in [6.07, 6.45) is 0.0505. The number of nitrogens with one attached hydrogen (secondary N) is 2. The third kappa shape index (κ3) is 8.26. The van der Waals surface area contributed by atoms with E-state index in [0.29, 0.717) is 13.0 Å². The van der Waals surface area contributed by atoms with Gasteiger partial charge in [-0.2, -0.15) is 0 Å². The molecule has 0 aliphatic rings. The van der Waals surface area contributed by atoms with Crippen molar-refractivity contribution in [3.8, 4) is 0 Å². The second-order valence-electron chi connectivity index (χ2n) is 5.87. The van der Waals surface area contributed by atoms with Gasteiger partial charge >= 0.3 is 6.09 Å². The molecule has 0 bridgehead atoms. The maximum atomic E-state index is 11.8. The molecule has 0 saturated carbocycles. The molecule has 0 fully saturated rings. The summed E-state index contributed by atoms with van der Waals surface area (Å²) in [6, 6.07) is 9.36. The lowest BCUT2D eigenvalue weighted by Gasteiger charge is -2.23. The van der Waals surface area contributed by atoms with Gasteiger partial charge in [0.05, 0.1) is 19.3 Å². The fourth-order valence-corrected chi connectivity index (χ4v) is 1.71. The Labute approximate surface area is 131 Å². The third-order valence-electron chi connectivity index (χ3n) is 2.60. The average molecular weight is 308 g/mol. The van der Waals surface area contributed by atoms with E-state index in [2.05, 4.69) is 10.6 Å². The Morgan fingerprint density at radius 2 is 1.95 bits per heavy atom. The monoisotopic (exact) mass is 308 g/mol.